The molecular weight excluding hydrogens is 352 g/mol. The van der Waals surface area contributed by atoms with Gasteiger partial charge in [-0.15, -0.1) is 0 Å². The van der Waals surface area contributed by atoms with Gasteiger partial charge < -0.3 is 0 Å². The monoisotopic (exact) mass is 376 g/mol. The zero-order valence-electron chi connectivity index (χ0n) is 16.1. The second kappa shape index (κ2) is 6.98. The molecule has 0 N–H and O–H groups in total. The third-order valence-electron chi connectivity index (χ3n) is 5.86. The summed E-state index contributed by atoms with van der Waals surface area (Å²) in [5, 5.41) is 9.23. The van der Waals surface area contributed by atoms with Gasteiger partial charge in [0.05, 0.1) is 23.6 Å². The standard InChI is InChI=1S/C21H24N6O/c1-25-20(17-5-2-6-19(17)23-25)14-26-11-15(12-26)13-27-21(28)8-7-18(24-27)16-4-3-9-22-10-16/h3-4,7-10,15H,2,5-6,11-14H2,1H3. The minimum atomic E-state index is -0.0458. The van der Waals surface area contributed by atoms with Gasteiger partial charge in [-0.05, 0) is 43.0 Å². The van der Waals surface area contributed by atoms with Crippen LogP contribution in [0.4, 0.5) is 0 Å². The highest BCUT2D eigenvalue weighted by Crippen LogP contribution is 2.27. The van der Waals surface area contributed by atoms with Crippen molar-refractivity contribution < 1.29 is 0 Å². The van der Waals surface area contributed by atoms with E-state index in [0.29, 0.717) is 12.5 Å². The maximum atomic E-state index is 12.2. The topological polar surface area (TPSA) is 68.8 Å². The first kappa shape index (κ1) is 17.3. The molecule has 144 valence electrons. The summed E-state index contributed by atoms with van der Waals surface area (Å²) >= 11 is 0. The molecule has 7 heteroatoms. The number of rotatable bonds is 5. The van der Waals surface area contributed by atoms with E-state index < -0.39 is 0 Å². The first-order chi connectivity index (χ1) is 13.7. The Balaban J connectivity index is 1.24. The summed E-state index contributed by atoms with van der Waals surface area (Å²) in [4.78, 5) is 18.8. The largest absolute Gasteiger partial charge is 0.297 e. The van der Waals surface area contributed by atoms with Gasteiger partial charge in [-0.3, -0.25) is 19.4 Å². The van der Waals surface area contributed by atoms with E-state index in [-0.39, 0.29) is 5.56 Å². The van der Waals surface area contributed by atoms with Crippen molar-refractivity contribution in [2.24, 2.45) is 13.0 Å². The maximum Gasteiger partial charge on any atom is 0.266 e. The van der Waals surface area contributed by atoms with E-state index in [9.17, 15) is 4.79 Å². The number of nitrogens with zero attached hydrogens (tertiary/aromatic N) is 6. The second-order valence-corrected chi connectivity index (χ2v) is 7.89. The first-order valence-electron chi connectivity index (χ1n) is 9.92. The molecular formula is C21H24N6O. The summed E-state index contributed by atoms with van der Waals surface area (Å²) in [6.45, 7) is 3.59. The van der Waals surface area contributed by atoms with Crippen molar-refractivity contribution in [1.82, 2.24) is 29.4 Å². The maximum absolute atomic E-state index is 12.2. The Morgan fingerprint density at radius 2 is 2.04 bits per heavy atom. The molecule has 3 aromatic rings. The van der Waals surface area contributed by atoms with E-state index in [0.717, 1.165) is 43.7 Å². The van der Waals surface area contributed by atoms with Crippen LogP contribution in [-0.2, 0) is 33.0 Å². The first-order valence-corrected chi connectivity index (χ1v) is 9.92. The Morgan fingerprint density at radius 3 is 2.86 bits per heavy atom. The van der Waals surface area contributed by atoms with Gasteiger partial charge in [-0.2, -0.15) is 10.2 Å². The van der Waals surface area contributed by atoms with Crippen LogP contribution in [0.25, 0.3) is 11.3 Å². The summed E-state index contributed by atoms with van der Waals surface area (Å²) < 4.78 is 3.66. The number of aromatic nitrogens is 5. The molecule has 0 radical (unpaired) electrons. The normalized spacial score (nSPS) is 16.9. The summed E-state index contributed by atoms with van der Waals surface area (Å²) in [6.07, 6.45) is 7.02. The van der Waals surface area contributed by atoms with Crippen LogP contribution < -0.4 is 5.56 Å². The van der Waals surface area contributed by atoms with Gasteiger partial charge in [-0.1, -0.05) is 0 Å². The third kappa shape index (κ3) is 3.16. The lowest BCUT2D eigenvalue weighted by Gasteiger charge is -2.39. The molecule has 0 spiro atoms. The highest BCUT2D eigenvalue weighted by atomic mass is 16.1. The summed E-state index contributed by atoms with van der Waals surface area (Å²) in [7, 11) is 2.05. The van der Waals surface area contributed by atoms with Crippen molar-refractivity contribution >= 4 is 0 Å². The predicted octanol–water partition coefficient (Wildman–Crippen LogP) is 1.66. The number of fused-ring (bicyclic) bond motifs is 1. The van der Waals surface area contributed by atoms with Gasteiger partial charge in [0.2, 0.25) is 0 Å². The Hall–Kier alpha value is -2.80. The molecule has 1 aliphatic heterocycles. The molecule has 0 amide bonds. The molecule has 7 nitrogen and oxygen atoms in total. The lowest BCUT2D eigenvalue weighted by molar-refractivity contribution is 0.0740. The summed E-state index contributed by atoms with van der Waals surface area (Å²) in [5.74, 6) is 0.454. The van der Waals surface area contributed by atoms with Crippen molar-refractivity contribution in [2.75, 3.05) is 13.1 Å². The predicted molar refractivity (Wildman–Crippen MR) is 106 cm³/mol. The number of hydrogen-bond acceptors (Lipinski definition) is 5. The van der Waals surface area contributed by atoms with Crippen LogP contribution in [0.1, 0.15) is 23.4 Å². The van der Waals surface area contributed by atoms with Crippen LogP contribution in [-0.4, -0.2) is 42.5 Å². The molecule has 5 rings (SSSR count). The van der Waals surface area contributed by atoms with Crippen LogP contribution >= 0.6 is 0 Å². The second-order valence-electron chi connectivity index (χ2n) is 7.89. The lowest BCUT2D eigenvalue weighted by Crippen LogP contribution is -2.49. The minimum absolute atomic E-state index is 0.0458. The number of pyridine rings is 1. The average molecular weight is 376 g/mol. The minimum Gasteiger partial charge on any atom is -0.297 e. The van der Waals surface area contributed by atoms with Gasteiger partial charge >= 0.3 is 0 Å². The molecule has 3 aromatic heterocycles. The van der Waals surface area contributed by atoms with E-state index in [4.69, 9.17) is 0 Å². The molecule has 28 heavy (non-hydrogen) atoms. The zero-order chi connectivity index (χ0) is 19.1. The number of aryl methyl sites for hydroxylation is 2. The fraction of sp³-hybridized carbons (Fsp3) is 0.429. The summed E-state index contributed by atoms with van der Waals surface area (Å²) in [5.41, 5.74) is 5.78. The lowest BCUT2D eigenvalue weighted by atomic mass is 9.99. The molecule has 0 aromatic carbocycles. The molecule has 2 aliphatic rings. The van der Waals surface area contributed by atoms with Crippen LogP contribution in [0.15, 0.2) is 41.5 Å². The Labute approximate surface area is 163 Å². The van der Waals surface area contributed by atoms with E-state index in [2.05, 4.69) is 31.8 Å². The van der Waals surface area contributed by atoms with Gasteiger partial charge in [0.15, 0.2) is 0 Å². The zero-order valence-corrected chi connectivity index (χ0v) is 16.1. The highest BCUT2D eigenvalue weighted by molar-refractivity contribution is 5.56. The highest BCUT2D eigenvalue weighted by Gasteiger charge is 2.30. The van der Waals surface area contributed by atoms with Crippen LogP contribution in [0, 0.1) is 5.92 Å². The van der Waals surface area contributed by atoms with E-state index in [1.807, 2.05) is 12.1 Å². The van der Waals surface area contributed by atoms with Crippen LogP contribution in [0.2, 0.25) is 0 Å². The molecule has 0 bridgehead atoms. The van der Waals surface area contributed by atoms with Gasteiger partial charge in [0.25, 0.3) is 5.56 Å². The van der Waals surface area contributed by atoms with Gasteiger partial charge in [0.1, 0.15) is 0 Å². The Morgan fingerprint density at radius 1 is 1.14 bits per heavy atom. The fourth-order valence-electron chi connectivity index (χ4n) is 4.41. The van der Waals surface area contributed by atoms with Gasteiger partial charge in [0, 0.05) is 56.6 Å². The summed E-state index contributed by atoms with van der Waals surface area (Å²) in [6, 6.07) is 7.21. The van der Waals surface area contributed by atoms with E-state index >= 15 is 0 Å². The molecule has 1 aliphatic carbocycles. The molecule has 4 heterocycles. The van der Waals surface area contributed by atoms with Crippen molar-refractivity contribution in [3.63, 3.8) is 0 Å². The average Bonchev–Trinajstić information content (AvgIpc) is 3.24. The third-order valence-corrected chi connectivity index (χ3v) is 5.86. The van der Waals surface area contributed by atoms with Crippen molar-refractivity contribution in [2.45, 2.75) is 32.4 Å². The van der Waals surface area contributed by atoms with E-state index in [1.54, 1.807) is 29.2 Å². The van der Waals surface area contributed by atoms with Crippen LogP contribution in [0.3, 0.4) is 0 Å². The number of hydrogen-bond donors (Lipinski definition) is 0. The Bertz CT molecular complexity index is 1050. The fourth-order valence-corrected chi connectivity index (χ4v) is 4.41. The van der Waals surface area contributed by atoms with Crippen molar-refractivity contribution in [3.8, 4) is 11.3 Å². The van der Waals surface area contributed by atoms with E-state index in [1.165, 1.54) is 23.4 Å². The van der Waals surface area contributed by atoms with Crippen LogP contribution in [0.5, 0.6) is 0 Å². The van der Waals surface area contributed by atoms with Gasteiger partial charge in [-0.25, -0.2) is 4.68 Å². The smallest absolute Gasteiger partial charge is 0.266 e. The van der Waals surface area contributed by atoms with Crippen molar-refractivity contribution in [3.05, 3.63) is 64.0 Å². The molecule has 1 saturated heterocycles. The quantitative estimate of drug-likeness (QED) is 0.677. The SMILES string of the molecule is Cn1nc2c(c1CN1CC(Cn3nc(-c4cccnc4)ccc3=O)C1)CCC2. The van der Waals surface area contributed by atoms with Crippen molar-refractivity contribution in [1.29, 1.82) is 0 Å². The molecule has 0 saturated carbocycles. The molecule has 0 atom stereocenters. The molecule has 1 fully saturated rings. The Kier molecular flexibility index (Phi) is 4.31. The number of likely N-dealkylation sites (tertiary alicyclic amines) is 1. The molecule has 0 unspecified atom stereocenters.